The molecule has 1 heterocycles. The fourth-order valence-electron chi connectivity index (χ4n) is 2.35. The Hall–Kier alpha value is -1.56. The molecule has 1 unspecified atom stereocenters. The summed E-state index contributed by atoms with van der Waals surface area (Å²) >= 11 is 3.28. The lowest BCUT2D eigenvalue weighted by molar-refractivity contribution is 0.0698. The van der Waals surface area contributed by atoms with Crippen molar-refractivity contribution >= 4 is 33.6 Å². The van der Waals surface area contributed by atoms with E-state index in [1.165, 1.54) is 6.07 Å². The normalized spacial score (nSPS) is 18.1. The average Bonchev–Trinajstić information content (AvgIpc) is 2.87. The largest absolute Gasteiger partial charge is 0.478 e. The lowest BCUT2D eigenvalue weighted by Crippen LogP contribution is -2.33. The highest BCUT2D eigenvalue weighted by Crippen LogP contribution is 2.24. The number of carbonyl (C=O) groups is 2. The lowest BCUT2D eigenvalue weighted by Gasteiger charge is -2.18. The molecule has 0 spiro atoms. The molecule has 108 valence electrons. The molecule has 20 heavy (non-hydrogen) atoms. The minimum absolute atomic E-state index is 0.0905. The van der Waals surface area contributed by atoms with Gasteiger partial charge in [-0.15, -0.1) is 0 Å². The smallest absolute Gasteiger partial charge is 0.337 e. The first-order chi connectivity index (χ1) is 9.51. The third-order valence-electron chi connectivity index (χ3n) is 3.60. The van der Waals surface area contributed by atoms with Crippen molar-refractivity contribution in [1.82, 2.24) is 4.90 Å². The molecule has 0 aromatic heterocycles. The van der Waals surface area contributed by atoms with Crippen molar-refractivity contribution in [2.24, 2.45) is 5.92 Å². The van der Waals surface area contributed by atoms with Crippen LogP contribution < -0.4 is 5.32 Å². The SMILES string of the molecule is CCC1CCN(C(=O)Nc2cc(Br)ccc2C(=O)O)C1. The Morgan fingerprint density at radius 1 is 1.50 bits per heavy atom. The van der Waals surface area contributed by atoms with E-state index in [2.05, 4.69) is 28.2 Å². The molecule has 1 fully saturated rings. The minimum Gasteiger partial charge on any atom is -0.478 e. The van der Waals surface area contributed by atoms with E-state index in [0.29, 0.717) is 11.6 Å². The van der Waals surface area contributed by atoms with Crippen molar-refractivity contribution in [2.45, 2.75) is 19.8 Å². The van der Waals surface area contributed by atoms with E-state index < -0.39 is 5.97 Å². The van der Waals surface area contributed by atoms with Crippen LogP contribution in [0.4, 0.5) is 10.5 Å². The second-order valence-corrected chi connectivity index (χ2v) is 5.85. The number of carboxylic acids is 1. The first-order valence-electron chi connectivity index (χ1n) is 6.60. The van der Waals surface area contributed by atoms with Crippen LogP contribution in [0.3, 0.4) is 0 Å². The summed E-state index contributed by atoms with van der Waals surface area (Å²) in [5.41, 5.74) is 0.407. The molecule has 1 atom stereocenters. The predicted octanol–water partition coefficient (Wildman–Crippen LogP) is 3.41. The number of nitrogens with zero attached hydrogens (tertiary/aromatic N) is 1. The maximum Gasteiger partial charge on any atom is 0.337 e. The Labute approximate surface area is 126 Å². The van der Waals surface area contributed by atoms with E-state index in [1.807, 2.05) is 0 Å². The first kappa shape index (κ1) is 14.8. The second-order valence-electron chi connectivity index (χ2n) is 4.93. The van der Waals surface area contributed by atoms with Crippen LogP contribution in [0, 0.1) is 5.92 Å². The zero-order chi connectivity index (χ0) is 14.7. The van der Waals surface area contributed by atoms with E-state index in [0.717, 1.165) is 30.4 Å². The fraction of sp³-hybridized carbons (Fsp3) is 0.429. The van der Waals surface area contributed by atoms with Crippen LogP contribution in [0.15, 0.2) is 22.7 Å². The van der Waals surface area contributed by atoms with E-state index in [4.69, 9.17) is 5.11 Å². The highest BCUT2D eigenvalue weighted by atomic mass is 79.9. The Balaban J connectivity index is 2.11. The summed E-state index contributed by atoms with van der Waals surface area (Å²) in [6, 6.07) is 4.49. The van der Waals surface area contributed by atoms with Gasteiger partial charge in [0.2, 0.25) is 0 Å². The molecule has 0 bridgehead atoms. The molecule has 6 heteroatoms. The summed E-state index contributed by atoms with van der Waals surface area (Å²) in [4.78, 5) is 25.1. The number of likely N-dealkylation sites (tertiary alicyclic amines) is 1. The third-order valence-corrected chi connectivity index (χ3v) is 4.10. The van der Waals surface area contributed by atoms with Crippen LogP contribution in [0.2, 0.25) is 0 Å². The molecule has 0 saturated carbocycles. The van der Waals surface area contributed by atoms with Gasteiger partial charge in [-0.3, -0.25) is 0 Å². The third kappa shape index (κ3) is 3.30. The monoisotopic (exact) mass is 340 g/mol. The number of halogens is 1. The number of carbonyl (C=O) groups excluding carboxylic acids is 1. The molecule has 1 aromatic carbocycles. The van der Waals surface area contributed by atoms with E-state index in [-0.39, 0.29) is 11.6 Å². The summed E-state index contributed by atoms with van der Waals surface area (Å²) in [5, 5.41) is 11.8. The Morgan fingerprint density at radius 3 is 2.85 bits per heavy atom. The summed E-state index contributed by atoms with van der Waals surface area (Å²) in [6.45, 7) is 3.57. The maximum absolute atomic E-state index is 12.2. The van der Waals surface area contributed by atoms with Crippen LogP contribution >= 0.6 is 15.9 Å². The zero-order valence-electron chi connectivity index (χ0n) is 11.2. The van der Waals surface area contributed by atoms with Crippen molar-refractivity contribution in [3.05, 3.63) is 28.2 Å². The Bertz CT molecular complexity index is 533. The second kappa shape index (κ2) is 6.26. The number of carboxylic acid groups (broad SMARTS) is 1. The minimum atomic E-state index is -1.05. The van der Waals surface area contributed by atoms with Crippen molar-refractivity contribution in [3.8, 4) is 0 Å². The van der Waals surface area contributed by atoms with Crippen molar-refractivity contribution in [2.75, 3.05) is 18.4 Å². The molecule has 1 aliphatic heterocycles. The van der Waals surface area contributed by atoms with Crippen LogP contribution in [0.25, 0.3) is 0 Å². The van der Waals surface area contributed by atoms with Crippen molar-refractivity contribution < 1.29 is 14.7 Å². The summed E-state index contributed by atoms with van der Waals surface area (Å²) in [7, 11) is 0. The van der Waals surface area contributed by atoms with Crippen LogP contribution in [0.1, 0.15) is 30.1 Å². The number of hydrogen-bond donors (Lipinski definition) is 2. The van der Waals surface area contributed by atoms with Crippen molar-refractivity contribution in [1.29, 1.82) is 0 Å². The van der Waals surface area contributed by atoms with Crippen LogP contribution in [-0.2, 0) is 0 Å². The van der Waals surface area contributed by atoms with E-state index >= 15 is 0 Å². The van der Waals surface area contributed by atoms with Gasteiger partial charge in [0.05, 0.1) is 11.3 Å². The number of aromatic carboxylic acids is 1. The van der Waals surface area contributed by atoms with Gasteiger partial charge in [0.25, 0.3) is 0 Å². The van der Waals surface area contributed by atoms with Gasteiger partial charge in [-0.25, -0.2) is 9.59 Å². The van der Waals surface area contributed by atoms with E-state index in [9.17, 15) is 9.59 Å². The van der Waals surface area contributed by atoms with Gasteiger partial charge in [0, 0.05) is 17.6 Å². The van der Waals surface area contributed by atoms with Crippen molar-refractivity contribution in [3.63, 3.8) is 0 Å². The summed E-state index contributed by atoms with van der Waals surface area (Å²) in [5.74, 6) is -0.511. The van der Waals surface area contributed by atoms with Gasteiger partial charge in [0.1, 0.15) is 0 Å². The molecule has 2 N–H and O–H groups in total. The molecular formula is C14H17BrN2O3. The Kier molecular flexibility index (Phi) is 4.65. The van der Waals surface area contributed by atoms with Gasteiger partial charge >= 0.3 is 12.0 Å². The molecule has 2 rings (SSSR count). The number of rotatable bonds is 3. The van der Waals surface area contributed by atoms with Gasteiger partial charge in [-0.2, -0.15) is 0 Å². The maximum atomic E-state index is 12.2. The molecule has 0 radical (unpaired) electrons. The topological polar surface area (TPSA) is 69.6 Å². The molecule has 1 aromatic rings. The zero-order valence-corrected chi connectivity index (χ0v) is 12.8. The number of amides is 2. The molecule has 1 saturated heterocycles. The molecular weight excluding hydrogens is 324 g/mol. The van der Waals surface area contributed by atoms with Crippen LogP contribution in [-0.4, -0.2) is 35.1 Å². The highest BCUT2D eigenvalue weighted by molar-refractivity contribution is 9.10. The van der Waals surface area contributed by atoms with E-state index in [1.54, 1.807) is 17.0 Å². The quantitative estimate of drug-likeness (QED) is 0.885. The number of urea groups is 1. The number of anilines is 1. The standard InChI is InChI=1S/C14H17BrN2O3/c1-2-9-5-6-17(8-9)14(20)16-12-7-10(15)3-4-11(12)13(18)19/h3-4,7,9H,2,5-6,8H2,1H3,(H,16,20)(H,18,19). The summed E-state index contributed by atoms with van der Waals surface area (Å²) < 4.78 is 0.727. The fourth-order valence-corrected chi connectivity index (χ4v) is 2.71. The van der Waals surface area contributed by atoms with Gasteiger partial charge < -0.3 is 15.3 Å². The predicted molar refractivity (Wildman–Crippen MR) is 80.1 cm³/mol. The van der Waals surface area contributed by atoms with Gasteiger partial charge in [-0.1, -0.05) is 29.3 Å². The van der Waals surface area contributed by atoms with Gasteiger partial charge in [0.15, 0.2) is 0 Å². The average molecular weight is 341 g/mol. The Morgan fingerprint density at radius 2 is 2.25 bits per heavy atom. The molecule has 2 amide bonds. The van der Waals surface area contributed by atoms with Crippen LogP contribution in [0.5, 0.6) is 0 Å². The molecule has 5 nitrogen and oxygen atoms in total. The lowest BCUT2D eigenvalue weighted by atomic mass is 10.1. The summed E-state index contributed by atoms with van der Waals surface area (Å²) in [6.07, 6.45) is 2.06. The first-order valence-corrected chi connectivity index (χ1v) is 7.39. The number of benzene rings is 1. The number of hydrogen-bond acceptors (Lipinski definition) is 2. The highest BCUT2D eigenvalue weighted by Gasteiger charge is 2.25. The number of nitrogens with one attached hydrogen (secondary N) is 1. The molecule has 0 aliphatic carbocycles. The van der Waals surface area contributed by atoms with Gasteiger partial charge in [-0.05, 0) is 30.5 Å². The molecule has 1 aliphatic rings.